The van der Waals surface area contributed by atoms with Crippen molar-refractivity contribution >= 4 is 15.9 Å². The van der Waals surface area contributed by atoms with Crippen molar-refractivity contribution in [2.24, 2.45) is 24.8 Å². The highest BCUT2D eigenvalue weighted by atomic mass is 79.9. The Hall–Kier alpha value is -0.350. The number of nitrogens with zero attached hydrogens (tertiary/aromatic N) is 2. The number of rotatable bonds is 5. The molecule has 0 bridgehead atoms. The fraction of sp³-hybridized carbons (Fsp3) is 0.812. The number of aromatic nitrogens is 2. The molecule has 1 aromatic rings. The van der Waals surface area contributed by atoms with E-state index < -0.39 is 0 Å². The number of likely N-dealkylation sites (N-methyl/N-ethyl adjacent to an activating group) is 1. The molecule has 0 aliphatic heterocycles. The van der Waals surface area contributed by atoms with E-state index in [1.54, 1.807) is 0 Å². The molecule has 3 unspecified atom stereocenters. The molecule has 112 valence electrons. The van der Waals surface area contributed by atoms with E-state index in [0.717, 1.165) is 30.6 Å². The summed E-state index contributed by atoms with van der Waals surface area (Å²) in [5, 5.41) is 8.22. The first-order valence-corrected chi connectivity index (χ1v) is 8.84. The molecule has 1 N–H and O–H groups in total. The summed E-state index contributed by atoms with van der Waals surface area (Å²) in [4.78, 5) is 0. The first-order valence-electron chi connectivity index (χ1n) is 8.04. The molecule has 3 nitrogen and oxygen atoms in total. The second-order valence-electron chi connectivity index (χ2n) is 6.47. The standard InChI is InChI=1S/C16H26BrN3/c1-4-12-16(17)14(20(3)19-12)9-13(18-2)15-10-7-5-6-8-11(10)15/h10-11,13,15,18H,4-9H2,1-3H3. The third kappa shape index (κ3) is 2.45. The number of aryl methyl sites for hydroxylation is 2. The molecule has 2 aliphatic carbocycles. The predicted molar refractivity (Wildman–Crippen MR) is 85.8 cm³/mol. The number of fused-ring (bicyclic) bond motifs is 1. The normalized spacial score (nSPS) is 30.1. The molecular formula is C16H26BrN3. The van der Waals surface area contributed by atoms with Crippen molar-refractivity contribution in [3.05, 3.63) is 15.9 Å². The molecule has 0 radical (unpaired) electrons. The van der Waals surface area contributed by atoms with E-state index >= 15 is 0 Å². The Labute approximate surface area is 130 Å². The van der Waals surface area contributed by atoms with Crippen LogP contribution in [0.3, 0.4) is 0 Å². The molecular weight excluding hydrogens is 314 g/mol. The van der Waals surface area contributed by atoms with Gasteiger partial charge >= 0.3 is 0 Å². The van der Waals surface area contributed by atoms with Gasteiger partial charge in [-0.25, -0.2) is 0 Å². The molecule has 2 fully saturated rings. The second kappa shape index (κ2) is 5.80. The van der Waals surface area contributed by atoms with E-state index in [2.05, 4.69) is 52.0 Å². The van der Waals surface area contributed by atoms with Gasteiger partial charge in [0.1, 0.15) is 0 Å². The van der Waals surface area contributed by atoms with Gasteiger partial charge < -0.3 is 5.32 Å². The number of hydrogen-bond acceptors (Lipinski definition) is 2. The van der Waals surface area contributed by atoms with Crippen LogP contribution in [0.15, 0.2) is 4.47 Å². The molecule has 0 saturated heterocycles. The molecule has 0 aromatic carbocycles. The average Bonchev–Trinajstić information content (AvgIpc) is 3.12. The van der Waals surface area contributed by atoms with Crippen LogP contribution in [-0.4, -0.2) is 22.9 Å². The summed E-state index contributed by atoms with van der Waals surface area (Å²) >= 11 is 3.76. The molecule has 4 heteroatoms. The molecule has 0 amide bonds. The van der Waals surface area contributed by atoms with E-state index in [1.807, 2.05) is 0 Å². The highest BCUT2D eigenvalue weighted by molar-refractivity contribution is 9.10. The summed E-state index contributed by atoms with van der Waals surface area (Å²) in [6.07, 6.45) is 7.90. The Balaban J connectivity index is 1.74. The van der Waals surface area contributed by atoms with E-state index in [9.17, 15) is 0 Å². The largest absolute Gasteiger partial charge is 0.316 e. The zero-order chi connectivity index (χ0) is 14.3. The van der Waals surface area contributed by atoms with E-state index in [-0.39, 0.29) is 0 Å². The highest BCUT2D eigenvalue weighted by Crippen LogP contribution is 2.57. The van der Waals surface area contributed by atoms with Crippen molar-refractivity contribution < 1.29 is 0 Å². The monoisotopic (exact) mass is 339 g/mol. The lowest BCUT2D eigenvalue weighted by molar-refractivity contribution is 0.448. The molecule has 1 heterocycles. The van der Waals surface area contributed by atoms with Gasteiger partial charge in [0.05, 0.1) is 15.9 Å². The summed E-state index contributed by atoms with van der Waals surface area (Å²) in [6, 6.07) is 0.611. The van der Waals surface area contributed by atoms with Crippen molar-refractivity contribution in [2.45, 2.75) is 51.5 Å². The molecule has 3 atom stereocenters. The molecule has 1 aromatic heterocycles. The number of halogens is 1. The van der Waals surface area contributed by atoms with Gasteiger partial charge in [0.25, 0.3) is 0 Å². The maximum absolute atomic E-state index is 4.63. The Kier molecular flexibility index (Phi) is 4.23. The quantitative estimate of drug-likeness (QED) is 0.891. The van der Waals surface area contributed by atoms with Gasteiger partial charge in [-0.05, 0) is 60.0 Å². The van der Waals surface area contributed by atoms with Crippen molar-refractivity contribution in [3.63, 3.8) is 0 Å². The Morgan fingerprint density at radius 2 is 2.00 bits per heavy atom. The summed E-state index contributed by atoms with van der Waals surface area (Å²) in [7, 11) is 4.20. The van der Waals surface area contributed by atoms with Gasteiger partial charge in [-0.2, -0.15) is 5.10 Å². The van der Waals surface area contributed by atoms with Crippen molar-refractivity contribution in [2.75, 3.05) is 7.05 Å². The topological polar surface area (TPSA) is 29.9 Å². The minimum absolute atomic E-state index is 0.611. The van der Waals surface area contributed by atoms with Crippen molar-refractivity contribution in [1.29, 1.82) is 0 Å². The van der Waals surface area contributed by atoms with Crippen LogP contribution in [0.25, 0.3) is 0 Å². The zero-order valence-corrected chi connectivity index (χ0v) is 14.4. The van der Waals surface area contributed by atoms with Gasteiger partial charge in [0.15, 0.2) is 0 Å². The van der Waals surface area contributed by atoms with Gasteiger partial charge in [-0.1, -0.05) is 19.8 Å². The van der Waals surface area contributed by atoms with Crippen LogP contribution in [0.4, 0.5) is 0 Å². The van der Waals surface area contributed by atoms with Crippen LogP contribution in [0.1, 0.15) is 44.0 Å². The van der Waals surface area contributed by atoms with Crippen molar-refractivity contribution in [3.8, 4) is 0 Å². The molecule has 20 heavy (non-hydrogen) atoms. The molecule has 2 aliphatic rings. The summed E-state index contributed by atoms with van der Waals surface area (Å²) in [6.45, 7) is 2.17. The van der Waals surface area contributed by atoms with Gasteiger partial charge in [0, 0.05) is 19.5 Å². The first kappa shape index (κ1) is 14.6. The van der Waals surface area contributed by atoms with Crippen molar-refractivity contribution in [1.82, 2.24) is 15.1 Å². The van der Waals surface area contributed by atoms with E-state index in [4.69, 9.17) is 0 Å². The predicted octanol–water partition coefficient (Wildman–Crippen LogP) is 3.31. The highest BCUT2D eigenvalue weighted by Gasteiger charge is 2.53. The van der Waals surface area contributed by atoms with E-state index in [1.165, 1.54) is 41.5 Å². The third-order valence-electron chi connectivity index (χ3n) is 5.47. The lowest BCUT2D eigenvalue weighted by Crippen LogP contribution is -2.32. The molecule has 3 rings (SSSR count). The lowest BCUT2D eigenvalue weighted by Gasteiger charge is -2.17. The Morgan fingerprint density at radius 3 is 2.50 bits per heavy atom. The number of hydrogen-bond donors (Lipinski definition) is 1. The Bertz CT molecular complexity index is 470. The fourth-order valence-corrected chi connectivity index (χ4v) is 5.10. The van der Waals surface area contributed by atoms with Crippen LogP contribution in [0.2, 0.25) is 0 Å². The smallest absolute Gasteiger partial charge is 0.0766 e. The van der Waals surface area contributed by atoms with Gasteiger partial charge in [-0.15, -0.1) is 0 Å². The maximum atomic E-state index is 4.63. The SMILES string of the molecule is CCc1nn(C)c(CC(NC)C2C3CCCCC32)c1Br. The van der Waals surface area contributed by atoms with Gasteiger partial charge in [-0.3, -0.25) is 4.68 Å². The zero-order valence-electron chi connectivity index (χ0n) is 12.8. The summed E-state index contributed by atoms with van der Waals surface area (Å²) in [5.41, 5.74) is 2.54. The first-order chi connectivity index (χ1) is 9.67. The molecule has 2 saturated carbocycles. The molecule has 0 spiro atoms. The summed E-state index contributed by atoms with van der Waals surface area (Å²) < 4.78 is 3.30. The van der Waals surface area contributed by atoms with Crippen LogP contribution < -0.4 is 5.32 Å². The maximum Gasteiger partial charge on any atom is 0.0766 e. The average molecular weight is 340 g/mol. The minimum Gasteiger partial charge on any atom is -0.316 e. The Morgan fingerprint density at radius 1 is 1.35 bits per heavy atom. The second-order valence-corrected chi connectivity index (χ2v) is 7.27. The van der Waals surface area contributed by atoms with Gasteiger partial charge in [0.2, 0.25) is 0 Å². The van der Waals surface area contributed by atoms with Crippen LogP contribution in [-0.2, 0) is 19.9 Å². The summed E-state index contributed by atoms with van der Waals surface area (Å²) in [5.74, 6) is 2.90. The number of nitrogens with one attached hydrogen (secondary N) is 1. The van der Waals surface area contributed by atoms with Crippen LogP contribution in [0.5, 0.6) is 0 Å². The van der Waals surface area contributed by atoms with Crippen LogP contribution >= 0.6 is 15.9 Å². The lowest BCUT2D eigenvalue weighted by atomic mass is 10.0. The van der Waals surface area contributed by atoms with Crippen LogP contribution in [0, 0.1) is 17.8 Å². The minimum atomic E-state index is 0.611. The fourth-order valence-electron chi connectivity index (χ4n) is 4.33. The third-order valence-corrected chi connectivity index (χ3v) is 6.39. The van der Waals surface area contributed by atoms with E-state index in [0.29, 0.717) is 6.04 Å².